The first-order valence-corrected chi connectivity index (χ1v) is 5.03. The van der Waals surface area contributed by atoms with Crippen LogP contribution in [0, 0.1) is 0 Å². The van der Waals surface area contributed by atoms with E-state index in [1.54, 1.807) is 0 Å². The van der Waals surface area contributed by atoms with Gasteiger partial charge in [0, 0.05) is 0 Å². The summed E-state index contributed by atoms with van der Waals surface area (Å²) in [5.41, 5.74) is 0. The summed E-state index contributed by atoms with van der Waals surface area (Å²) in [5, 5.41) is 0. The Balaban J connectivity index is -0.000000117. The SMILES string of the molecule is CN(C)C.CN(C)C.O=P(O)(O)O. The third-order valence-electron chi connectivity index (χ3n) is 0. The molecule has 0 aliphatic rings. The zero-order valence-electron chi connectivity index (χ0n) is 9.09. The molecule has 0 amide bonds. The molecule has 7 heteroatoms. The number of phosphoric acid groups is 1. The topological polar surface area (TPSA) is 84.2 Å². The van der Waals surface area contributed by atoms with Crippen molar-refractivity contribution in [3.8, 4) is 0 Å². The first kappa shape index (κ1) is 18.7. The first-order chi connectivity index (χ1) is 5.46. The summed E-state index contributed by atoms with van der Waals surface area (Å²) in [6.07, 6.45) is 0. The molecule has 0 saturated carbocycles. The van der Waals surface area contributed by atoms with Gasteiger partial charge in [0.25, 0.3) is 0 Å². The highest BCUT2D eigenvalue weighted by Gasteiger charge is 2.00. The molecule has 0 rings (SSSR count). The number of rotatable bonds is 0. The minimum absolute atomic E-state index is 2.00. The zero-order chi connectivity index (χ0) is 11.7. The Morgan fingerprint density at radius 2 is 0.769 bits per heavy atom. The van der Waals surface area contributed by atoms with Gasteiger partial charge in [0.2, 0.25) is 0 Å². The van der Waals surface area contributed by atoms with E-state index in [2.05, 4.69) is 0 Å². The molecular formula is C6H21N2O4P. The molecule has 0 radical (unpaired) electrons. The van der Waals surface area contributed by atoms with E-state index < -0.39 is 7.82 Å². The van der Waals surface area contributed by atoms with E-state index in [1.165, 1.54) is 0 Å². The molecule has 0 bridgehead atoms. The highest BCUT2D eigenvalue weighted by molar-refractivity contribution is 7.45. The Morgan fingerprint density at radius 3 is 0.769 bits per heavy atom. The van der Waals surface area contributed by atoms with E-state index in [0.717, 1.165) is 0 Å². The first-order valence-electron chi connectivity index (χ1n) is 3.47. The Kier molecular flexibility index (Phi) is 14.6. The van der Waals surface area contributed by atoms with Crippen molar-refractivity contribution in [2.45, 2.75) is 0 Å². The average Bonchev–Trinajstić information content (AvgIpc) is 1.50. The van der Waals surface area contributed by atoms with E-state index in [4.69, 9.17) is 19.2 Å². The van der Waals surface area contributed by atoms with Crippen LogP contribution in [0.15, 0.2) is 0 Å². The molecule has 0 atom stereocenters. The zero-order valence-corrected chi connectivity index (χ0v) is 9.99. The maximum Gasteiger partial charge on any atom is 0.466 e. The molecule has 0 fully saturated rings. The quantitative estimate of drug-likeness (QED) is 0.470. The van der Waals surface area contributed by atoms with Crippen LogP contribution >= 0.6 is 7.82 Å². The smallest absolute Gasteiger partial charge is 0.312 e. The fourth-order valence-electron chi connectivity index (χ4n) is 0. The van der Waals surface area contributed by atoms with Crippen LogP contribution < -0.4 is 0 Å². The predicted octanol–water partition coefficient (Wildman–Crippen LogP) is -0.573. The van der Waals surface area contributed by atoms with Gasteiger partial charge in [-0.1, -0.05) is 0 Å². The summed E-state index contributed by atoms with van der Waals surface area (Å²) >= 11 is 0. The molecule has 0 aromatic carbocycles. The molecule has 0 aromatic heterocycles. The molecular weight excluding hydrogens is 195 g/mol. The second kappa shape index (κ2) is 10.1. The van der Waals surface area contributed by atoms with Crippen molar-refractivity contribution in [2.24, 2.45) is 0 Å². The Bertz CT molecular complexity index is 115. The summed E-state index contributed by atoms with van der Waals surface area (Å²) in [5.74, 6) is 0. The molecule has 3 N–H and O–H groups in total. The molecule has 6 nitrogen and oxygen atoms in total. The average molecular weight is 216 g/mol. The third-order valence-corrected chi connectivity index (χ3v) is 0. The minimum Gasteiger partial charge on any atom is -0.312 e. The van der Waals surface area contributed by atoms with E-state index in [0.29, 0.717) is 0 Å². The second-order valence-electron chi connectivity index (χ2n) is 3.20. The van der Waals surface area contributed by atoms with Crippen molar-refractivity contribution in [3.63, 3.8) is 0 Å². The van der Waals surface area contributed by atoms with Gasteiger partial charge < -0.3 is 24.5 Å². The second-order valence-corrected chi connectivity index (χ2v) is 4.22. The van der Waals surface area contributed by atoms with Crippen LogP contribution in [0.25, 0.3) is 0 Å². The summed E-state index contributed by atoms with van der Waals surface area (Å²) in [6.45, 7) is 0. The summed E-state index contributed by atoms with van der Waals surface area (Å²) in [7, 11) is 7.36. The van der Waals surface area contributed by atoms with Gasteiger partial charge in [-0.15, -0.1) is 0 Å². The third kappa shape index (κ3) is 1340000. The van der Waals surface area contributed by atoms with Gasteiger partial charge in [-0.3, -0.25) is 0 Å². The molecule has 84 valence electrons. The molecule has 0 unspecified atom stereocenters. The normalized spacial score (nSPS) is 10.1. The van der Waals surface area contributed by atoms with Crippen molar-refractivity contribution in [3.05, 3.63) is 0 Å². The van der Waals surface area contributed by atoms with Gasteiger partial charge >= 0.3 is 7.82 Å². The Morgan fingerprint density at radius 1 is 0.769 bits per heavy atom. The highest BCUT2D eigenvalue weighted by atomic mass is 31.2. The summed E-state index contributed by atoms with van der Waals surface area (Å²) < 4.78 is 8.88. The number of nitrogens with zero attached hydrogens (tertiary/aromatic N) is 2. The Hall–Kier alpha value is 0.0300. The lowest BCUT2D eigenvalue weighted by atomic mass is 11.0. The molecule has 0 heterocycles. The van der Waals surface area contributed by atoms with Crippen LogP contribution in [0.5, 0.6) is 0 Å². The Labute approximate surface area is 80.0 Å². The molecule has 0 aliphatic heterocycles. The van der Waals surface area contributed by atoms with Crippen molar-refractivity contribution in [2.75, 3.05) is 42.3 Å². The van der Waals surface area contributed by atoms with Gasteiger partial charge in [0.1, 0.15) is 0 Å². The van der Waals surface area contributed by atoms with Gasteiger partial charge in [-0.25, -0.2) is 4.57 Å². The van der Waals surface area contributed by atoms with Crippen LogP contribution in [0.4, 0.5) is 0 Å². The van der Waals surface area contributed by atoms with Crippen molar-refractivity contribution in [1.82, 2.24) is 9.80 Å². The summed E-state index contributed by atoms with van der Waals surface area (Å²) in [6, 6.07) is 0. The van der Waals surface area contributed by atoms with Crippen molar-refractivity contribution < 1.29 is 19.2 Å². The van der Waals surface area contributed by atoms with E-state index in [9.17, 15) is 0 Å². The molecule has 0 saturated heterocycles. The monoisotopic (exact) mass is 216 g/mol. The summed E-state index contributed by atoms with van der Waals surface area (Å²) in [4.78, 5) is 25.6. The van der Waals surface area contributed by atoms with Crippen LogP contribution in [0.2, 0.25) is 0 Å². The number of hydrogen-bond acceptors (Lipinski definition) is 3. The van der Waals surface area contributed by atoms with E-state index in [1.807, 2.05) is 52.1 Å². The highest BCUT2D eigenvalue weighted by Crippen LogP contribution is 2.25. The fourth-order valence-corrected chi connectivity index (χ4v) is 0. The minimum atomic E-state index is -4.64. The van der Waals surface area contributed by atoms with Gasteiger partial charge in [-0.2, -0.15) is 0 Å². The maximum atomic E-state index is 8.88. The fraction of sp³-hybridized carbons (Fsp3) is 1.00. The van der Waals surface area contributed by atoms with Crippen LogP contribution in [-0.4, -0.2) is 66.8 Å². The largest absolute Gasteiger partial charge is 0.466 e. The van der Waals surface area contributed by atoms with Gasteiger partial charge in [0.15, 0.2) is 0 Å². The van der Waals surface area contributed by atoms with E-state index >= 15 is 0 Å². The lowest BCUT2D eigenvalue weighted by molar-refractivity contribution is 0.275. The molecule has 0 aliphatic carbocycles. The van der Waals surface area contributed by atoms with E-state index in [-0.39, 0.29) is 0 Å². The van der Waals surface area contributed by atoms with Crippen molar-refractivity contribution in [1.29, 1.82) is 0 Å². The number of hydrogen-bond donors (Lipinski definition) is 3. The lowest BCUT2D eigenvalue weighted by Crippen LogP contribution is -1.99. The molecule has 13 heavy (non-hydrogen) atoms. The predicted molar refractivity (Wildman–Crippen MR) is 53.5 cm³/mol. The van der Waals surface area contributed by atoms with Gasteiger partial charge in [-0.05, 0) is 42.3 Å². The maximum absolute atomic E-state index is 8.88. The van der Waals surface area contributed by atoms with Crippen molar-refractivity contribution >= 4 is 7.82 Å². The molecule has 0 aromatic rings. The van der Waals surface area contributed by atoms with Crippen LogP contribution in [-0.2, 0) is 4.57 Å². The molecule has 0 spiro atoms. The standard InChI is InChI=1S/2C3H9N.H3O4P/c2*1-4(2)3;1-5(2,3)4/h2*1-3H3;(H3,1,2,3,4). The van der Waals surface area contributed by atoms with Crippen LogP contribution in [0.3, 0.4) is 0 Å². The van der Waals surface area contributed by atoms with Crippen LogP contribution in [0.1, 0.15) is 0 Å². The van der Waals surface area contributed by atoms with Gasteiger partial charge in [0.05, 0.1) is 0 Å². The lowest BCUT2D eigenvalue weighted by Gasteiger charge is -1.90.